The SMILES string of the molecule is COCC(C)NC(=NCc1ccc(OC)cc1OC)NN. The van der Waals surface area contributed by atoms with Gasteiger partial charge in [0.2, 0.25) is 5.96 Å². The van der Waals surface area contributed by atoms with Gasteiger partial charge in [-0.1, -0.05) is 0 Å². The van der Waals surface area contributed by atoms with Gasteiger partial charge in [0.1, 0.15) is 11.5 Å². The molecule has 21 heavy (non-hydrogen) atoms. The number of nitrogens with zero attached hydrogens (tertiary/aromatic N) is 1. The molecule has 0 saturated heterocycles. The lowest BCUT2D eigenvalue weighted by Crippen LogP contribution is -2.46. The lowest BCUT2D eigenvalue weighted by atomic mass is 10.2. The van der Waals surface area contributed by atoms with Gasteiger partial charge in [0.15, 0.2) is 0 Å². The van der Waals surface area contributed by atoms with Gasteiger partial charge >= 0.3 is 0 Å². The molecule has 0 spiro atoms. The fourth-order valence-corrected chi connectivity index (χ4v) is 1.80. The molecule has 0 heterocycles. The average Bonchev–Trinajstić information content (AvgIpc) is 2.51. The summed E-state index contributed by atoms with van der Waals surface area (Å²) in [4.78, 5) is 4.39. The zero-order chi connectivity index (χ0) is 15.7. The highest BCUT2D eigenvalue weighted by Crippen LogP contribution is 2.25. The highest BCUT2D eigenvalue weighted by atomic mass is 16.5. The normalized spacial score (nSPS) is 12.7. The third-order valence-corrected chi connectivity index (χ3v) is 2.84. The second-order valence-electron chi connectivity index (χ2n) is 4.49. The number of nitrogens with one attached hydrogen (secondary N) is 2. The maximum absolute atomic E-state index is 5.46. The average molecular weight is 296 g/mol. The second-order valence-corrected chi connectivity index (χ2v) is 4.49. The number of hydrazine groups is 1. The van der Waals surface area contributed by atoms with E-state index in [1.54, 1.807) is 21.3 Å². The standard InChI is InChI=1S/C14H24N4O3/c1-10(9-19-2)17-14(18-15)16-8-11-5-6-12(20-3)7-13(11)21-4/h5-7,10H,8-9,15H2,1-4H3,(H2,16,17,18). The van der Waals surface area contributed by atoms with Gasteiger partial charge in [-0.05, 0) is 19.1 Å². The minimum absolute atomic E-state index is 0.0996. The van der Waals surface area contributed by atoms with Crippen molar-refractivity contribution in [1.82, 2.24) is 10.7 Å². The lowest BCUT2D eigenvalue weighted by molar-refractivity contribution is 0.179. The van der Waals surface area contributed by atoms with Crippen LogP contribution in [0.1, 0.15) is 12.5 Å². The summed E-state index contributed by atoms with van der Waals surface area (Å²) in [5.41, 5.74) is 3.48. The van der Waals surface area contributed by atoms with Crippen LogP contribution in [-0.2, 0) is 11.3 Å². The Morgan fingerprint density at radius 1 is 1.29 bits per heavy atom. The summed E-state index contributed by atoms with van der Waals surface area (Å²) in [5.74, 6) is 7.42. The van der Waals surface area contributed by atoms with Gasteiger partial charge in [-0.3, -0.25) is 5.43 Å². The molecular weight excluding hydrogens is 272 g/mol. The van der Waals surface area contributed by atoms with E-state index in [9.17, 15) is 0 Å². The van der Waals surface area contributed by atoms with Crippen LogP contribution in [-0.4, -0.2) is 39.9 Å². The first-order valence-corrected chi connectivity index (χ1v) is 6.62. The molecule has 0 aromatic heterocycles. The molecule has 118 valence electrons. The summed E-state index contributed by atoms with van der Waals surface area (Å²) in [5, 5.41) is 3.12. The first-order chi connectivity index (χ1) is 10.1. The lowest BCUT2D eigenvalue weighted by Gasteiger charge is -2.16. The fourth-order valence-electron chi connectivity index (χ4n) is 1.80. The van der Waals surface area contributed by atoms with Crippen molar-refractivity contribution in [2.24, 2.45) is 10.8 Å². The van der Waals surface area contributed by atoms with Gasteiger partial charge < -0.3 is 19.5 Å². The van der Waals surface area contributed by atoms with Gasteiger partial charge in [0.25, 0.3) is 0 Å². The van der Waals surface area contributed by atoms with Crippen molar-refractivity contribution in [3.05, 3.63) is 23.8 Å². The van der Waals surface area contributed by atoms with E-state index >= 15 is 0 Å². The van der Waals surface area contributed by atoms with E-state index in [0.29, 0.717) is 19.1 Å². The summed E-state index contributed by atoms with van der Waals surface area (Å²) in [7, 11) is 4.88. The van der Waals surface area contributed by atoms with Crippen LogP contribution in [0.2, 0.25) is 0 Å². The predicted molar refractivity (Wildman–Crippen MR) is 82.5 cm³/mol. The van der Waals surface area contributed by atoms with Crippen molar-refractivity contribution in [1.29, 1.82) is 0 Å². The highest BCUT2D eigenvalue weighted by molar-refractivity contribution is 5.79. The van der Waals surface area contributed by atoms with Crippen molar-refractivity contribution in [3.63, 3.8) is 0 Å². The van der Waals surface area contributed by atoms with E-state index < -0.39 is 0 Å². The van der Waals surface area contributed by atoms with E-state index in [1.807, 2.05) is 25.1 Å². The molecule has 1 atom stereocenters. The van der Waals surface area contributed by atoms with Crippen LogP contribution in [0, 0.1) is 0 Å². The zero-order valence-electron chi connectivity index (χ0n) is 13.0. The molecule has 0 aliphatic rings. The van der Waals surface area contributed by atoms with E-state index in [0.717, 1.165) is 17.1 Å². The third-order valence-electron chi connectivity index (χ3n) is 2.84. The summed E-state index contributed by atoms with van der Waals surface area (Å²) in [6.45, 7) is 2.97. The molecule has 0 bridgehead atoms. The Bertz CT molecular complexity index is 466. The number of hydrogen-bond donors (Lipinski definition) is 3. The van der Waals surface area contributed by atoms with Crippen molar-refractivity contribution in [2.75, 3.05) is 27.9 Å². The first kappa shape index (κ1) is 17.1. The molecule has 4 N–H and O–H groups in total. The fraction of sp³-hybridized carbons (Fsp3) is 0.500. The van der Waals surface area contributed by atoms with Crippen LogP contribution in [0.3, 0.4) is 0 Å². The minimum Gasteiger partial charge on any atom is -0.497 e. The van der Waals surface area contributed by atoms with Gasteiger partial charge in [-0.15, -0.1) is 0 Å². The molecule has 0 aliphatic carbocycles. The van der Waals surface area contributed by atoms with Crippen LogP contribution in [0.15, 0.2) is 23.2 Å². The van der Waals surface area contributed by atoms with Gasteiger partial charge in [-0.25, -0.2) is 10.8 Å². The molecule has 0 saturated carbocycles. The molecule has 1 unspecified atom stereocenters. The number of benzene rings is 1. The van der Waals surface area contributed by atoms with Gasteiger partial charge in [0, 0.05) is 24.8 Å². The number of methoxy groups -OCH3 is 3. The topological polar surface area (TPSA) is 90.1 Å². The number of nitrogens with two attached hydrogens (primary N) is 1. The number of guanidine groups is 1. The van der Waals surface area contributed by atoms with Crippen LogP contribution in [0.4, 0.5) is 0 Å². The van der Waals surface area contributed by atoms with Crippen LogP contribution in [0.25, 0.3) is 0 Å². The number of aliphatic imine (C=N–C) groups is 1. The summed E-state index contributed by atoms with van der Waals surface area (Å²) in [6, 6.07) is 5.70. The summed E-state index contributed by atoms with van der Waals surface area (Å²) in [6.07, 6.45) is 0. The highest BCUT2D eigenvalue weighted by Gasteiger charge is 2.07. The Balaban J connectivity index is 2.76. The smallest absolute Gasteiger partial charge is 0.206 e. The molecule has 7 nitrogen and oxygen atoms in total. The molecule has 7 heteroatoms. The Morgan fingerprint density at radius 3 is 2.62 bits per heavy atom. The number of hydrogen-bond acceptors (Lipinski definition) is 5. The van der Waals surface area contributed by atoms with Crippen molar-refractivity contribution >= 4 is 5.96 Å². The van der Waals surface area contributed by atoms with Crippen molar-refractivity contribution in [3.8, 4) is 11.5 Å². The third kappa shape index (κ3) is 5.49. The quantitative estimate of drug-likeness (QED) is 0.296. The number of ether oxygens (including phenoxy) is 3. The van der Waals surface area contributed by atoms with Gasteiger partial charge in [0.05, 0.1) is 27.4 Å². The van der Waals surface area contributed by atoms with Crippen molar-refractivity contribution < 1.29 is 14.2 Å². The van der Waals surface area contributed by atoms with Crippen LogP contribution >= 0.6 is 0 Å². The molecular formula is C14H24N4O3. The molecule has 1 rings (SSSR count). The molecule has 0 radical (unpaired) electrons. The zero-order valence-corrected chi connectivity index (χ0v) is 13.0. The van der Waals surface area contributed by atoms with E-state index in [1.165, 1.54) is 0 Å². The molecule has 1 aromatic carbocycles. The van der Waals surface area contributed by atoms with E-state index in [2.05, 4.69) is 15.7 Å². The first-order valence-electron chi connectivity index (χ1n) is 6.62. The Kier molecular flexibility index (Phi) is 7.34. The van der Waals surface area contributed by atoms with Crippen molar-refractivity contribution in [2.45, 2.75) is 19.5 Å². The predicted octanol–water partition coefficient (Wildman–Crippen LogP) is 0.648. The number of rotatable bonds is 7. The largest absolute Gasteiger partial charge is 0.497 e. The van der Waals surface area contributed by atoms with Gasteiger partial charge in [-0.2, -0.15) is 0 Å². The summed E-state index contributed by atoms with van der Waals surface area (Å²) >= 11 is 0. The second kappa shape index (κ2) is 9.04. The molecule has 0 amide bonds. The van der Waals surface area contributed by atoms with E-state index in [-0.39, 0.29) is 6.04 Å². The maximum atomic E-state index is 5.46. The Morgan fingerprint density at radius 2 is 2.05 bits per heavy atom. The monoisotopic (exact) mass is 296 g/mol. The summed E-state index contributed by atoms with van der Waals surface area (Å²) < 4.78 is 15.5. The van der Waals surface area contributed by atoms with Crippen LogP contribution < -0.4 is 26.1 Å². The van der Waals surface area contributed by atoms with Crippen LogP contribution in [0.5, 0.6) is 11.5 Å². The molecule has 1 aromatic rings. The molecule has 0 fully saturated rings. The minimum atomic E-state index is 0.0996. The Labute approximate surface area is 125 Å². The Hall–Kier alpha value is -1.99. The van der Waals surface area contributed by atoms with E-state index in [4.69, 9.17) is 20.1 Å². The molecule has 0 aliphatic heterocycles. The maximum Gasteiger partial charge on any atom is 0.206 e.